The summed E-state index contributed by atoms with van der Waals surface area (Å²) in [7, 11) is 0. The summed E-state index contributed by atoms with van der Waals surface area (Å²) >= 11 is 1.78. The van der Waals surface area contributed by atoms with E-state index in [-0.39, 0.29) is 0 Å². The van der Waals surface area contributed by atoms with Gasteiger partial charge < -0.3 is 0 Å². The molecule has 1 aromatic carbocycles. The van der Waals surface area contributed by atoms with Crippen molar-refractivity contribution in [3.63, 3.8) is 0 Å². The van der Waals surface area contributed by atoms with Gasteiger partial charge in [0.15, 0.2) is 0 Å². The first kappa shape index (κ1) is 15.2. The van der Waals surface area contributed by atoms with Crippen LogP contribution in [0.2, 0.25) is 0 Å². The van der Waals surface area contributed by atoms with E-state index in [1.54, 1.807) is 11.3 Å². The third-order valence-electron chi connectivity index (χ3n) is 4.74. The van der Waals surface area contributed by atoms with Crippen molar-refractivity contribution >= 4 is 33.7 Å². The molecule has 2 aliphatic carbocycles. The Bertz CT molecular complexity index is 1200. The Labute approximate surface area is 154 Å². The summed E-state index contributed by atoms with van der Waals surface area (Å²) in [5.41, 5.74) is 7.13. The van der Waals surface area contributed by atoms with Crippen molar-refractivity contribution in [3.05, 3.63) is 64.3 Å². The van der Waals surface area contributed by atoms with E-state index < -0.39 is 0 Å². The Hall–Kier alpha value is -3.10. The van der Waals surface area contributed by atoms with Gasteiger partial charge in [0.25, 0.3) is 0 Å². The van der Waals surface area contributed by atoms with E-state index in [4.69, 9.17) is 15.2 Å². The number of allylic oxidation sites excluding steroid dienone is 4. The molecule has 0 amide bonds. The molecule has 0 N–H and O–H groups in total. The molecule has 5 rings (SSSR count). The molecule has 0 bridgehead atoms. The van der Waals surface area contributed by atoms with Crippen molar-refractivity contribution in [1.29, 1.82) is 5.26 Å². The number of hydrogen-bond donors (Lipinski definition) is 0. The van der Waals surface area contributed by atoms with Crippen LogP contribution >= 0.6 is 11.3 Å². The number of nitriles is 1. The number of nitrogens with zero attached hydrogens (tertiary/aromatic N) is 4. The van der Waals surface area contributed by atoms with E-state index in [1.807, 2.05) is 12.3 Å². The fraction of sp³-hybridized carbons (Fsp3) is 0.143. The standard InChI is InChI=1S/C21H14N4S/c1-12-6-9-18(26-12)13-7-8-16-17(10-13)25-20-15-5-3-2-4-14(15)19(23-11-22)21(20)24-16/h4-10H,2-3H2,1H3. The third-order valence-corrected chi connectivity index (χ3v) is 5.79. The lowest BCUT2D eigenvalue weighted by atomic mass is 9.99. The zero-order chi connectivity index (χ0) is 17.7. The van der Waals surface area contributed by atoms with Crippen molar-refractivity contribution in [2.75, 3.05) is 0 Å². The maximum atomic E-state index is 9.09. The molecule has 0 spiro atoms. The second kappa shape index (κ2) is 5.72. The topological polar surface area (TPSA) is 61.9 Å². The number of benzene rings is 1. The summed E-state index contributed by atoms with van der Waals surface area (Å²) in [6.07, 6.45) is 8.17. The zero-order valence-electron chi connectivity index (χ0n) is 14.2. The Morgan fingerprint density at radius 2 is 1.81 bits per heavy atom. The molecule has 2 aliphatic rings. The van der Waals surface area contributed by atoms with E-state index in [2.05, 4.69) is 48.3 Å². The molecule has 26 heavy (non-hydrogen) atoms. The lowest BCUT2D eigenvalue weighted by Gasteiger charge is -2.07. The van der Waals surface area contributed by atoms with E-state index in [0.717, 1.165) is 52.0 Å². The number of aliphatic imine (C=N–C) groups is 1. The number of thiophene rings is 1. The van der Waals surface area contributed by atoms with Gasteiger partial charge in [0.2, 0.25) is 6.19 Å². The predicted octanol–water partition coefficient (Wildman–Crippen LogP) is 5.05. The summed E-state index contributed by atoms with van der Waals surface area (Å²) in [6, 6.07) is 10.5. The van der Waals surface area contributed by atoms with Crippen LogP contribution in [0.15, 0.2) is 53.0 Å². The SMILES string of the molecule is Cc1ccc(-c2ccc3nc4c(nc3c2)C2=CCCC=C2C4=NC#N)s1. The summed E-state index contributed by atoms with van der Waals surface area (Å²) in [4.78, 5) is 16.3. The van der Waals surface area contributed by atoms with Crippen molar-refractivity contribution in [2.45, 2.75) is 19.8 Å². The van der Waals surface area contributed by atoms with Crippen LogP contribution in [0.5, 0.6) is 0 Å². The molecular formula is C21H14N4S. The maximum Gasteiger partial charge on any atom is 0.206 e. The molecule has 0 saturated carbocycles. The van der Waals surface area contributed by atoms with Crippen molar-refractivity contribution in [3.8, 4) is 16.6 Å². The van der Waals surface area contributed by atoms with Crippen molar-refractivity contribution in [1.82, 2.24) is 9.97 Å². The average Bonchev–Trinajstić information content (AvgIpc) is 3.22. The smallest absolute Gasteiger partial charge is 0.206 e. The fourth-order valence-corrected chi connectivity index (χ4v) is 4.43. The lowest BCUT2D eigenvalue weighted by Crippen LogP contribution is -2.02. The largest absolute Gasteiger partial charge is 0.244 e. The maximum absolute atomic E-state index is 9.09. The van der Waals surface area contributed by atoms with Gasteiger partial charge in [0.1, 0.15) is 11.4 Å². The highest BCUT2D eigenvalue weighted by atomic mass is 32.1. The first-order valence-electron chi connectivity index (χ1n) is 8.52. The van der Waals surface area contributed by atoms with Gasteiger partial charge in [-0.05, 0) is 49.6 Å². The Morgan fingerprint density at radius 1 is 1.00 bits per heavy atom. The normalized spacial score (nSPS) is 16.8. The average molecular weight is 354 g/mol. The van der Waals surface area contributed by atoms with E-state index in [9.17, 15) is 0 Å². The molecule has 4 nitrogen and oxygen atoms in total. The summed E-state index contributed by atoms with van der Waals surface area (Å²) < 4.78 is 0. The molecule has 3 aromatic rings. The van der Waals surface area contributed by atoms with E-state index in [0.29, 0.717) is 5.71 Å². The highest BCUT2D eigenvalue weighted by Gasteiger charge is 2.32. The summed E-state index contributed by atoms with van der Waals surface area (Å²) in [5, 5.41) is 9.09. The molecule has 2 aromatic heterocycles. The Balaban J connectivity index is 1.74. The van der Waals surface area contributed by atoms with Crippen LogP contribution in [-0.4, -0.2) is 15.7 Å². The lowest BCUT2D eigenvalue weighted by molar-refractivity contribution is 1.03. The molecule has 0 aliphatic heterocycles. The zero-order valence-corrected chi connectivity index (χ0v) is 15.0. The van der Waals surface area contributed by atoms with Crippen LogP contribution in [0, 0.1) is 18.4 Å². The molecule has 124 valence electrons. The van der Waals surface area contributed by atoms with Crippen LogP contribution < -0.4 is 0 Å². The number of hydrogen-bond acceptors (Lipinski definition) is 5. The van der Waals surface area contributed by atoms with Gasteiger partial charge in [-0.25, -0.2) is 9.97 Å². The minimum absolute atomic E-state index is 0.654. The highest BCUT2D eigenvalue weighted by Crippen LogP contribution is 2.39. The third kappa shape index (κ3) is 2.23. The fourth-order valence-electron chi connectivity index (χ4n) is 3.56. The van der Waals surface area contributed by atoms with Crippen LogP contribution in [0.3, 0.4) is 0 Å². The number of fused-ring (bicyclic) bond motifs is 4. The van der Waals surface area contributed by atoms with Gasteiger partial charge in [-0.1, -0.05) is 18.2 Å². The van der Waals surface area contributed by atoms with Crippen molar-refractivity contribution in [2.24, 2.45) is 4.99 Å². The molecule has 0 fully saturated rings. The van der Waals surface area contributed by atoms with E-state index in [1.165, 1.54) is 9.75 Å². The van der Waals surface area contributed by atoms with Gasteiger partial charge in [-0.3, -0.25) is 0 Å². The first-order chi connectivity index (χ1) is 12.7. The molecule has 5 heteroatoms. The van der Waals surface area contributed by atoms with Crippen LogP contribution in [0.1, 0.15) is 29.1 Å². The molecule has 0 saturated heterocycles. The summed E-state index contributed by atoms with van der Waals surface area (Å²) in [5.74, 6) is 0. The van der Waals surface area contributed by atoms with E-state index >= 15 is 0 Å². The monoisotopic (exact) mass is 354 g/mol. The molecule has 2 heterocycles. The van der Waals surface area contributed by atoms with Gasteiger partial charge in [0, 0.05) is 20.9 Å². The number of aromatic nitrogens is 2. The quantitative estimate of drug-likeness (QED) is 0.574. The second-order valence-corrected chi connectivity index (χ2v) is 7.70. The molecular weight excluding hydrogens is 340 g/mol. The molecule has 0 unspecified atom stereocenters. The van der Waals surface area contributed by atoms with Gasteiger partial charge in [-0.2, -0.15) is 10.3 Å². The minimum atomic E-state index is 0.654. The first-order valence-corrected chi connectivity index (χ1v) is 9.33. The van der Waals surface area contributed by atoms with Gasteiger partial charge in [-0.15, -0.1) is 11.3 Å². The number of rotatable bonds is 1. The van der Waals surface area contributed by atoms with Crippen LogP contribution in [0.25, 0.3) is 27.0 Å². The summed E-state index contributed by atoms with van der Waals surface area (Å²) in [6.45, 7) is 2.11. The molecule has 0 radical (unpaired) electrons. The second-order valence-electron chi connectivity index (χ2n) is 6.41. The van der Waals surface area contributed by atoms with Gasteiger partial charge in [0.05, 0.1) is 16.7 Å². The van der Waals surface area contributed by atoms with Crippen LogP contribution in [0.4, 0.5) is 0 Å². The molecule has 0 atom stereocenters. The van der Waals surface area contributed by atoms with Gasteiger partial charge >= 0.3 is 0 Å². The van der Waals surface area contributed by atoms with Crippen LogP contribution in [-0.2, 0) is 0 Å². The number of aryl methyl sites for hydroxylation is 1. The predicted molar refractivity (Wildman–Crippen MR) is 105 cm³/mol. The Morgan fingerprint density at radius 3 is 2.58 bits per heavy atom. The minimum Gasteiger partial charge on any atom is -0.244 e. The Kier molecular flexibility index (Phi) is 3.34. The van der Waals surface area contributed by atoms with Crippen molar-refractivity contribution < 1.29 is 0 Å². The highest BCUT2D eigenvalue weighted by molar-refractivity contribution is 7.15.